The predicted octanol–water partition coefficient (Wildman–Crippen LogP) is 1.03. The Balaban J connectivity index is 2.13. The number of piperazine rings is 1. The molecule has 1 saturated heterocycles. The molecule has 1 aromatic rings. The third kappa shape index (κ3) is 2.91. The van der Waals surface area contributed by atoms with Gasteiger partial charge in [0.1, 0.15) is 6.04 Å². The molecule has 2 rings (SSSR count). The molecule has 1 aliphatic rings. The average molecular weight is 258 g/mol. The maximum absolute atomic E-state index is 12.4. The smallest absolute Gasteiger partial charge is 0.241 e. The van der Waals surface area contributed by atoms with E-state index in [0.29, 0.717) is 13.1 Å². The molecule has 100 valence electrons. The molecule has 5 nitrogen and oxygen atoms in total. The second-order valence-electron chi connectivity index (χ2n) is 4.97. The summed E-state index contributed by atoms with van der Waals surface area (Å²) in [5.74, 6) is 0.0333. The standard InChI is InChI=1S/C14H18N4O/c1-11-9-18(10-12-4-3-7-16-8-12)14(19)13(5-6-15)17(11)2/h3-4,7-8,11,13H,5,9-10H2,1-2H3. The minimum Gasteiger partial charge on any atom is -0.335 e. The van der Waals surface area contributed by atoms with Crippen LogP contribution >= 0.6 is 0 Å². The van der Waals surface area contributed by atoms with Crippen molar-refractivity contribution in [1.82, 2.24) is 14.8 Å². The lowest BCUT2D eigenvalue weighted by Crippen LogP contribution is -2.59. The molecule has 1 aromatic heterocycles. The molecule has 0 aliphatic carbocycles. The number of carbonyl (C=O) groups is 1. The third-order valence-corrected chi connectivity index (χ3v) is 3.65. The summed E-state index contributed by atoms with van der Waals surface area (Å²) in [5.41, 5.74) is 1.02. The van der Waals surface area contributed by atoms with Gasteiger partial charge >= 0.3 is 0 Å². The van der Waals surface area contributed by atoms with Crippen LogP contribution in [0.1, 0.15) is 18.9 Å². The van der Waals surface area contributed by atoms with Crippen LogP contribution in [0, 0.1) is 11.3 Å². The van der Waals surface area contributed by atoms with Crippen LogP contribution in [0.4, 0.5) is 0 Å². The third-order valence-electron chi connectivity index (χ3n) is 3.65. The maximum atomic E-state index is 12.4. The van der Waals surface area contributed by atoms with Gasteiger partial charge in [0.2, 0.25) is 5.91 Å². The Bertz CT molecular complexity index is 482. The zero-order chi connectivity index (χ0) is 13.8. The Morgan fingerprint density at radius 1 is 1.58 bits per heavy atom. The Labute approximate surface area is 113 Å². The van der Waals surface area contributed by atoms with Crippen LogP contribution in [0.3, 0.4) is 0 Å². The molecule has 1 fully saturated rings. The van der Waals surface area contributed by atoms with Crippen LogP contribution in [-0.2, 0) is 11.3 Å². The number of nitriles is 1. The van der Waals surface area contributed by atoms with E-state index < -0.39 is 0 Å². The van der Waals surface area contributed by atoms with E-state index >= 15 is 0 Å². The monoisotopic (exact) mass is 258 g/mol. The molecule has 5 heteroatoms. The van der Waals surface area contributed by atoms with Gasteiger partial charge in [0.05, 0.1) is 12.5 Å². The average Bonchev–Trinajstić information content (AvgIpc) is 2.42. The summed E-state index contributed by atoms with van der Waals surface area (Å²) in [4.78, 5) is 20.3. The lowest BCUT2D eigenvalue weighted by atomic mass is 10.0. The van der Waals surface area contributed by atoms with Crippen molar-refractivity contribution < 1.29 is 4.79 Å². The highest BCUT2D eigenvalue weighted by Gasteiger charge is 2.36. The zero-order valence-electron chi connectivity index (χ0n) is 11.3. The van der Waals surface area contributed by atoms with E-state index in [1.807, 2.05) is 29.0 Å². The molecule has 0 aromatic carbocycles. The highest BCUT2D eigenvalue weighted by atomic mass is 16.2. The van der Waals surface area contributed by atoms with Crippen LogP contribution in [0.2, 0.25) is 0 Å². The maximum Gasteiger partial charge on any atom is 0.241 e. The molecule has 1 amide bonds. The summed E-state index contributed by atoms with van der Waals surface area (Å²) < 4.78 is 0. The van der Waals surface area contributed by atoms with Crippen molar-refractivity contribution in [1.29, 1.82) is 5.26 Å². The number of carbonyl (C=O) groups excluding carboxylic acids is 1. The number of likely N-dealkylation sites (N-methyl/N-ethyl adjacent to an activating group) is 1. The lowest BCUT2D eigenvalue weighted by Gasteiger charge is -2.42. The Morgan fingerprint density at radius 2 is 2.37 bits per heavy atom. The van der Waals surface area contributed by atoms with E-state index in [9.17, 15) is 4.79 Å². The van der Waals surface area contributed by atoms with Crippen molar-refractivity contribution >= 4 is 5.91 Å². The molecule has 2 heterocycles. The van der Waals surface area contributed by atoms with E-state index in [-0.39, 0.29) is 24.4 Å². The first-order valence-electron chi connectivity index (χ1n) is 6.40. The molecule has 0 radical (unpaired) electrons. The number of aromatic nitrogens is 1. The van der Waals surface area contributed by atoms with Gasteiger partial charge < -0.3 is 4.90 Å². The van der Waals surface area contributed by atoms with E-state index in [0.717, 1.165) is 5.56 Å². The van der Waals surface area contributed by atoms with E-state index in [1.165, 1.54) is 0 Å². The Kier molecular flexibility index (Phi) is 4.13. The molecule has 2 unspecified atom stereocenters. The summed E-state index contributed by atoms with van der Waals surface area (Å²) >= 11 is 0. The molecule has 0 spiro atoms. The van der Waals surface area contributed by atoms with Crippen molar-refractivity contribution in [3.63, 3.8) is 0 Å². The van der Waals surface area contributed by atoms with E-state index in [2.05, 4.69) is 18.0 Å². The van der Waals surface area contributed by atoms with Gasteiger partial charge in [-0.05, 0) is 25.6 Å². The first-order chi connectivity index (χ1) is 9.13. The van der Waals surface area contributed by atoms with Crippen molar-refractivity contribution in [3.8, 4) is 6.07 Å². The first kappa shape index (κ1) is 13.5. The van der Waals surface area contributed by atoms with Crippen molar-refractivity contribution in [2.24, 2.45) is 0 Å². The molecular weight excluding hydrogens is 240 g/mol. The fourth-order valence-electron chi connectivity index (χ4n) is 2.40. The largest absolute Gasteiger partial charge is 0.335 e. The SMILES string of the molecule is CC1CN(Cc2cccnc2)C(=O)C(CC#N)N1C. The number of rotatable bonds is 3. The van der Waals surface area contributed by atoms with Gasteiger partial charge in [0, 0.05) is 31.5 Å². The Hall–Kier alpha value is -1.93. The van der Waals surface area contributed by atoms with E-state index in [4.69, 9.17) is 5.26 Å². The topological polar surface area (TPSA) is 60.2 Å². The van der Waals surface area contributed by atoms with Gasteiger partial charge in [0.15, 0.2) is 0 Å². The van der Waals surface area contributed by atoms with Gasteiger partial charge in [-0.25, -0.2) is 0 Å². The number of amides is 1. The molecule has 1 aliphatic heterocycles. The van der Waals surface area contributed by atoms with Gasteiger partial charge in [-0.2, -0.15) is 5.26 Å². The van der Waals surface area contributed by atoms with Crippen molar-refractivity contribution in [2.45, 2.75) is 32.0 Å². The van der Waals surface area contributed by atoms with Crippen LogP contribution in [0.25, 0.3) is 0 Å². The Morgan fingerprint density at radius 3 is 3.00 bits per heavy atom. The summed E-state index contributed by atoms with van der Waals surface area (Å²) in [7, 11) is 1.91. The number of nitrogens with zero attached hydrogens (tertiary/aromatic N) is 4. The number of hydrogen-bond donors (Lipinski definition) is 0. The fourth-order valence-corrected chi connectivity index (χ4v) is 2.40. The molecule has 19 heavy (non-hydrogen) atoms. The summed E-state index contributed by atoms with van der Waals surface area (Å²) in [5, 5.41) is 8.86. The second-order valence-corrected chi connectivity index (χ2v) is 4.97. The minimum atomic E-state index is -0.328. The van der Waals surface area contributed by atoms with Crippen LogP contribution in [0.15, 0.2) is 24.5 Å². The van der Waals surface area contributed by atoms with E-state index in [1.54, 1.807) is 12.4 Å². The lowest BCUT2D eigenvalue weighted by molar-refractivity contribution is -0.144. The molecule has 0 N–H and O–H groups in total. The first-order valence-corrected chi connectivity index (χ1v) is 6.40. The van der Waals surface area contributed by atoms with Crippen LogP contribution < -0.4 is 0 Å². The number of hydrogen-bond acceptors (Lipinski definition) is 4. The summed E-state index contributed by atoms with van der Waals surface area (Å²) in [6.07, 6.45) is 3.73. The van der Waals surface area contributed by atoms with Gasteiger partial charge in [0.25, 0.3) is 0 Å². The van der Waals surface area contributed by atoms with Gasteiger partial charge in [-0.15, -0.1) is 0 Å². The van der Waals surface area contributed by atoms with Crippen LogP contribution in [0.5, 0.6) is 0 Å². The van der Waals surface area contributed by atoms with Gasteiger partial charge in [-0.3, -0.25) is 14.7 Å². The predicted molar refractivity (Wildman–Crippen MR) is 70.9 cm³/mol. The highest BCUT2D eigenvalue weighted by Crippen LogP contribution is 2.19. The van der Waals surface area contributed by atoms with Crippen LogP contribution in [-0.4, -0.2) is 46.4 Å². The molecule has 0 bridgehead atoms. The second kappa shape index (κ2) is 5.81. The van der Waals surface area contributed by atoms with Crippen molar-refractivity contribution in [2.75, 3.05) is 13.6 Å². The summed E-state index contributed by atoms with van der Waals surface area (Å²) in [6, 6.07) is 5.86. The molecule has 2 atom stereocenters. The molecule has 0 saturated carbocycles. The number of pyridine rings is 1. The highest BCUT2D eigenvalue weighted by molar-refractivity contribution is 5.83. The summed E-state index contributed by atoms with van der Waals surface area (Å²) in [6.45, 7) is 3.33. The fraction of sp³-hybridized carbons (Fsp3) is 0.500. The normalized spacial score (nSPS) is 24.3. The quantitative estimate of drug-likeness (QED) is 0.812. The molecular formula is C14H18N4O. The minimum absolute atomic E-state index is 0.0333. The zero-order valence-corrected chi connectivity index (χ0v) is 11.3. The van der Waals surface area contributed by atoms with Gasteiger partial charge in [-0.1, -0.05) is 6.07 Å². The van der Waals surface area contributed by atoms with Crippen molar-refractivity contribution in [3.05, 3.63) is 30.1 Å².